The molecule has 2 N–H and O–H groups in total. The maximum absolute atomic E-state index is 12.6. The van der Waals surface area contributed by atoms with Gasteiger partial charge in [0.1, 0.15) is 30.8 Å². The van der Waals surface area contributed by atoms with Crippen molar-refractivity contribution in [1.82, 2.24) is 14.8 Å². The Hall–Kier alpha value is -1.95. The van der Waals surface area contributed by atoms with Crippen molar-refractivity contribution < 1.29 is 9.13 Å². The number of benzene rings is 1. The molecule has 1 heterocycles. The lowest BCUT2D eigenvalue weighted by Crippen LogP contribution is -2.32. The topological polar surface area (TPSA) is 66.0 Å². The molecule has 1 aromatic heterocycles. The third-order valence-corrected chi connectivity index (χ3v) is 2.17. The third-order valence-electron chi connectivity index (χ3n) is 2.17. The molecule has 90 valence electrons. The number of nitrogens with zero attached hydrogens (tertiary/aromatic N) is 3. The Bertz CT molecular complexity index is 443. The van der Waals surface area contributed by atoms with Crippen LogP contribution in [0.3, 0.4) is 0 Å². The lowest BCUT2D eigenvalue weighted by molar-refractivity contribution is 0.271. The number of ether oxygens (including phenoxy) is 1. The van der Waals surface area contributed by atoms with Gasteiger partial charge in [0.15, 0.2) is 0 Å². The Morgan fingerprint density at radius 1 is 1.35 bits per heavy atom. The van der Waals surface area contributed by atoms with Crippen molar-refractivity contribution in [3.8, 4) is 5.75 Å². The molecule has 1 aromatic carbocycles. The van der Waals surface area contributed by atoms with E-state index in [9.17, 15) is 4.39 Å². The van der Waals surface area contributed by atoms with Crippen LogP contribution in [0.2, 0.25) is 0 Å². The predicted molar refractivity (Wildman–Crippen MR) is 59.9 cm³/mol. The van der Waals surface area contributed by atoms with E-state index in [1.165, 1.54) is 18.5 Å². The summed E-state index contributed by atoms with van der Waals surface area (Å²) in [5.74, 6) is 0.310. The molecule has 0 bridgehead atoms. The second-order valence-corrected chi connectivity index (χ2v) is 3.64. The van der Waals surface area contributed by atoms with Crippen molar-refractivity contribution >= 4 is 0 Å². The van der Waals surface area contributed by atoms with E-state index in [0.29, 0.717) is 18.9 Å². The molecule has 0 fully saturated rings. The first-order chi connectivity index (χ1) is 8.24. The Kier molecular flexibility index (Phi) is 3.66. The van der Waals surface area contributed by atoms with Crippen molar-refractivity contribution in [3.63, 3.8) is 0 Å². The second-order valence-electron chi connectivity index (χ2n) is 3.64. The smallest absolute Gasteiger partial charge is 0.137 e. The summed E-state index contributed by atoms with van der Waals surface area (Å²) >= 11 is 0. The summed E-state index contributed by atoms with van der Waals surface area (Å²) in [6, 6.07) is 5.63. The largest absolute Gasteiger partial charge is 0.492 e. The molecular formula is C11H13FN4O. The Labute approximate surface area is 98.0 Å². The van der Waals surface area contributed by atoms with Crippen LogP contribution in [0.5, 0.6) is 5.75 Å². The van der Waals surface area contributed by atoms with Crippen LogP contribution in [0.15, 0.2) is 36.9 Å². The van der Waals surface area contributed by atoms with Crippen molar-refractivity contribution in [2.75, 3.05) is 6.61 Å². The van der Waals surface area contributed by atoms with E-state index in [1.54, 1.807) is 23.1 Å². The van der Waals surface area contributed by atoms with Crippen LogP contribution in [0.25, 0.3) is 0 Å². The summed E-state index contributed by atoms with van der Waals surface area (Å²) < 4.78 is 19.7. The van der Waals surface area contributed by atoms with Crippen LogP contribution in [0.4, 0.5) is 4.39 Å². The van der Waals surface area contributed by atoms with E-state index >= 15 is 0 Å². The molecule has 0 saturated heterocycles. The second kappa shape index (κ2) is 5.40. The quantitative estimate of drug-likeness (QED) is 0.834. The minimum atomic E-state index is -0.288. The Morgan fingerprint density at radius 3 is 2.76 bits per heavy atom. The highest BCUT2D eigenvalue weighted by Gasteiger charge is 2.05. The molecular weight excluding hydrogens is 223 g/mol. The van der Waals surface area contributed by atoms with Gasteiger partial charge in [-0.2, -0.15) is 5.10 Å². The van der Waals surface area contributed by atoms with Gasteiger partial charge in [0.05, 0.1) is 12.6 Å². The molecule has 0 spiro atoms. The van der Waals surface area contributed by atoms with Crippen molar-refractivity contribution in [3.05, 3.63) is 42.7 Å². The van der Waals surface area contributed by atoms with Gasteiger partial charge in [0.2, 0.25) is 0 Å². The zero-order valence-electron chi connectivity index (χ0n) is 9.16. The minimum Gasteiger partial charge on any atom is -0.492 e. The third kappa shape index (κ3) is 3.53. The molecule has 0 unspecified atom stereocenters. The fraction of sp³-hybridized carbons (Fsp3) is 0.273. The molecule has 6 heteroatoms. The van der Waals surface area contributed by atoms with Crippen molar-refractivity contribution in [2.24, 2.45) is 5.73 Å². The molecule has 0 amide bonds. The van der Waals surface area contributed by atoms with Gasteiger partial charge in [-0.15, -0.1) is 0 Å². The fourth-order valence-corrected chi connectivity index (χ4v) is 1.35. The van der Waals surface area contributed by atoms with Crippen LogP contribution in [-0.4, -0.2) is 27.4 Å². The molecule has 0 saturated carbocycles. The average Bonchev–Trinajstić information content (AvgIpc) is 2.81. The highest BCUT2D eigenvalue weighted by Crippen LogP contribution is 2.11. The van der Waals surface area contributed by atoms with Gasteiger partial charge in [-0.1, -0.05) is 0 Å². The van der Waals surface area contributed by atoms with Gasteiger partial charge < -0.3 is 10.5 Å². The predicted octanol–water partition coefficient (Wildman–Crippen LogP) is 0.824. The summed E-state index contributed by atoms with van der Waals surface area (Å²) in [6.45, 7) is 0.868. The maximum Gasteiger partial charge on any atom is 0.137 e. The summed E-state index contributed by atoms with van der Waals surface area (Å²) in [5, 5.41) is 3.94. The number of halogens is 1. The van der Waals surface area contributed by atoms with Gasteiger partial charge in [0, 0.05) is 0 Å². The first-order valence-electron chi connectivity index (χ1n) is 5.20. The number of hydrogen-bond acceptors (Lipinski definition) is 4. The standard InChI is InChI=1S/C11H13FN4O/c12-9-1-3-11(4-2-9)17-6-10(13)5-16-8-14-7-15-16/h1-4,7-8,10H,5-6,13H2/t10-/m1/s1. The van der Waals surface area contributed by atoms with Crippen LogP contribution in [-0.2, 0) is 6.54 Å². The highest BCUT2D eigenvalue weighted by molar-refractivity contribution is 5.22. The normalized spacial score (nSPS) is 12.4. The number of aromatic nitrogens is 3. The van der Waals surface area contributed by atoms with E-state index in [-0.39, 0.29) is 11.9 Å². The highest BCUT2D eigenvalue weighted by atomic mass is 19.1. The van der Waals surface area contributed by atoms with Gasteiger partial charge in [-0.25, -0.2) is 9.37 Å². The molecule has 1 atom stereocenters. The molecule has 2 rings (SSSR count). The summed E-state index contributed by atoms with van der Waals surface area (Å²) in [6.07, 6.45) is 3.05. The monoisotopic (exact) mass is 236 g/mol. The SMILES string of the molecule is N[C@@H](COc1ccc(F)cc1)Cn1cncn1. The minimum absolute atomic E-state index is 0.193. The molecule has 0 aliphatic heterocycles. The van der Waals surface area contributed by atoms with E-state index in [4.69, 9.17) is 10.5 Å². The van der Waals surface area contributed by atoms with Crippen molar-refractivity contribution in [1.29, 1.82) is 0 Å². The molecule has 5 nitrogen and oxygen atoms in total. The summed E-state index contributed by atoms with van der Waals surface area (Å²) in [5.41, 5.74) is 5.85. The van der Waals surface area contributed by atoms with Gasteiger partial charge in [-0.3, -0.25) is 4.68 Å². The number of rotatable bonds is 5. The van der Waals surface area contributed by atoms with E-state index in [2.05, 4.69) is 10.1 Å². The van der Waals surface area contributed by atoms with Gasteiger partial charge >= 0.3 is 0 Å². The van der Waals surface area contributed by atoms with E-state index in [1.807, 2.05) is 0 Å². The Morgan fingerprint density at radius 2 is 2.12 bits per heavy atom. The zero-order chi connectivity index (χ0) is 12.1. The van der Waals surface area contributed by atoms with Crippen LogP contribution in [0, 0.1) is 5.82 Å². The molecule has 0 aliphatic rings. The van der Waals surface area contributed by atoms with E-state index in [0.717, 1.165) is 0 Å². The number of hydrogen-bond donors (Lipinski definition) is 1. The lowest BCUT2D eigenvalue weighted by atomic mass is 10.3. The van der Waals surface area contributed by atoms with Gasteiger partial charge in [0.25, 0.3) is 0 Å². The lowest BCUT2D eigenvalue weighted by Gasteiger charge is -2.12. The fourth-order valence-electron chi connectivity index (χ4n) is 1.35. The summed E-state index contributed by atoms with van der Waals surface area (Å²) in [4.78, 5) is 3.82. The van der Waals surface area contributed by atoms with Gasteiger partial charge in [-0.05, 0) is 24.3 Å². The molecule has 17 heavy (non-hydrogen) atoms. The van der Waals surface area contributed by atoms with Crippen LogP contribution in [0.1, 0.15) is 0 Å². The zero-order valence-corrected chi connectivity index (χ0v) is 9.16. The molecule has 0 radical (unpaired) electrons. The molecule has 2 aromatic rings. The van der Waals surface area contributed by atoms with Crippen LogP contribution >= 0.6 is 0 Å². The number of nitrogens with two attached hydrogens (primary N) is 1. The average molecular weight is 236 g/mol. The summed E-state index contributed by atoms with van der Waals surface area (Å²) in [7, 11) is 0. The Balaban J connectivity index is 1.79. The first kappa shape index (κ1) is 11.5. The van der Waals surface area contributed by atoms with Crippen LogP contribution < -0.4 is 10.5 Å². The van der Waals surface area contributed by atoms with E-state index < -0.39 is 0 Å². The maximum atomic E-state index is 12.6. The van der Waals surface area contributed by atoms with Crippen molar-refractivity contribution in [2.45, 2.75) is 12.6 Å². The molecule has 0 aliphatic carbocycles. The first-order valence-corrected chi connectivity index (χ1v) is 5.20.